The van der Waals surface area contributed by atoms with Crippen LogP contribution in [0.25, 0.3) is 0 Å². The minimum absolute atomic E-state index is 0.154. The number of ether oxygens (including phenoxy) is 1. The minimum Gasteiger partial charge on any atom is -0.497 e. The lowest BCUT2D eigenvalue weighted by Crippen LogP contribution is -2.58. The van der Waals surface area contributed by atoms with Crippen molar-refractivity contribution in [3.8, 4) is 5.75 Å². The van der Waals surface area contributed by atoms with Crippen LogP contribution in [0.5, 0.6) is 5.75 Å². The van der Waals surface area contributed by atoms with Crippen molar-refractivity contribution >= 4 is 16.1 Å². The van der Waals surface area contributed by atoms with Crippen LogP contribution in [0.3, 0.4) is 0 Å². The molecule has 1 aliphatic heterocycles. The van der Waals surface area contributed by atoms with Gasteiger partial charge in [-0.3, -0.25) is 4.90 Å². The molecule has 1 atom stereocenters. The number of aryl methyl sites for hydroxylation is 2. The molecule has 1 saturated heterocycles. The number of carbonyl (C=O) groups excluding carboxylic acids is 1. The molecule has 0 bridgehead atoms. The first-order valence-electron chi connectivity index (χ1n) is 11.9. The van der Waals surface area contributed by atoms with E-state index in [-0.39, 0.29) is 18.3 Å². The van der Waals surface area contributed by atoms with Crippen molar-refractivity contribution in [2.75, 3.05) is 27.2 Å². The van der Waals surface area contributed by atoms with E-state index in [1.54, 1.807) is 31.2 Å². The molecule has 1 unspecified atom stereocenters. The molecule has 2 amide bonds. The zero-order valence-corrected chi connectivity index (χ0v) is 22.0. The Morgan fingerprint density at radius 2 is 1.67 bits per heavy atom. The quantitative estimate of drug-likeness (QED) is 0.471. The van der Waals surface area contributed by atoms with Gasteiger partial charge < -0.3 is 10.1 Å². The number of carbonyl (C=O) groups is 1. The monoisotopic (exact) mass is 507 g/mol. The molecule has 1 heterocycles. The molecule has 36 heavy (non-hydrogen) atoms. The maximum Gasteiger partial charge on any atom is 0.319 e. The van der Waals surface area contributed by atoms with E-state index in [0.29, 0.717) is 18.5 Å². The third kappa shape index (κ3) is 4.96. The molecule has 0 saturated carbocycles. The topological polar surface area (TPSA) is 79.0 Å². The van der Waals surface area contributed by atoms with Gasteiger partial charge in [0.15, 0.2) is 5.66 Å². The van der Waals surface area contributed by atoms with Gasteiger partial charge in [-0.1, -0.05) is 60.7 Å². The van der Waals surface area contributed by atoms with Crippen LogP contribution in [0.2, 0.25) is 0 Å². The van der Waals surface area contributed by atoms with Crippen molar-refractivity contribution in [2.24, 2.45) is 0 Å². The second kappa shape index (κ2) is 10.3. The summed E-state index contributed by atoms with van der Waals surface area (Å²) < 4.78 is 34.1. The summed E-state index contributed by atoms with van der Waals surface area (Å²) in [5.74, 6) is 0.603. The van der Waals surface area contributed by atoms with Gasteiger partial charge in [-0.25, -0.2) is 13.2 Å². The summed E-state index contributed by atoms with van der Waals surface area (Å²) in [6, 6.07) is 22.4. The van der Waals surface area contributed by atoms with Gasteiger partial charge in [-0.15, -0.1) is 0 Å². The molecular formula is C28H33N3O4S. The van der Waals surface area contributed by atoms with Crippen molar-refractivity contribution in [3.05, 3.63) is 101 Å². The molecule has 0 aromatic heterocycles. The van der Waals surface area contributed by atoms with Gasteiger partial charge in [0.2, 0.25) is 10.0 Å². The van der Waals surface area contributed by atoms with Crippen molar-refractivity contribution in [3.63, 3.8) is 0 Å². The van der Waals surface area contributed by atoms with Gasteiger partial charge in [-0.05, 0) is 60.2 Å². The summed E-state index contributed by atoms with van der Waals surface area (Å²) in [6.07, 6.45) is 0.566. The van der Waals surface area contributed by atoms with Gasteiger partial charge >= 0.3 is 6.03 Å². The maximum absolute atomic E-state index is 13.8. The predicted octanol–water partition coefficient (Wildman–Crippen LogP) is 4.19. The van der Waals surface area contributed by atoms with E-state index >= 15 is 0 Å². The highest BCUT2D eigenvalue weighted by Gasteiger charge is 2.53. The second-order valence-electron chi connectivity index (χ2n) is 9.23. The lowest BCUT2D eigenvalue weighted by Gasteiger charge is -2.43. The molecule has 7 nitrogen and oxygen atoms in total. The highest BCUT2D eigenvalue weighted by Crippen LogP contribution is 2.38. The summed E-state index contributed by atoms with van der Waals surface area (Å²) >= 11 is 0. The Balaban J connectivity index is 1.74. The van der Waals surface area contributed by atoms with Crippen LogP contribution in [-0.2, 0) is 27.9 Å². The summed E-state index contributed by atoms with van der Waals surface area (Å²) in [4.78, 5) is 14.9. The number of urea groups is 1. The summed E-state index contributed by atoms with van der Waals surface area (Å²) in [7, 11) is -0.596. The molecular weight excluding hydrogens is 474 g/mol. The lowest BCUT2D eigenvalue weighted by molar-refractivity contribution is 0.0682. The molecule has 1 fully saturated rings. The summed E-state index contributed by atoms with van der Waals surface area (Å²) in [5, 5.41) is 2.93. The molecule has 0 radical (unpaired) electrons. The number of amides is 2. The van der Waals surface area contributed by atoms with Gasteiger partial charge in [0.25, 0.3) is 0 Å². The highest BCUT2D eigenvalue weighted by molar-refractivity contribution is 7.88. The Labute approximate surface area is 213 Å². The number of nitrogens with one attached hydrogen (secondary N) is 1. The normalized spacial score (nSPS) is 17.9. The average Bonchev–Trinajstić information content (AvgIpc) is 3.21. The minimum atomic E-state index is -3.79. The molecule has 190 valence electrons. The van der Waals surface area contributed by atoms with Gasteiger partial charge in [-0.2, -0.15) is 4.31 Å². The third-order valence-electron chi connectivity index (χ3n) is 7.06. The van der Waals surface area contributed by atoms with E-state index in [1.165, 1.54) is 4.31 Å². The Morgan fingerprint density at radius 3 is 2.31 bits per heavy atom. The van der Waals surface area contributed by atoms with Crippen LogP contribution in [0, 0.1) is 13.8 Å². The Bertz CT molecular complexity index is 1330. The van der Waals surface area contributed by atoms with Gasteiger partial charge in [0.05, 0.1) is 19.4 Å². The van der Waals surface area contributed by atoms with E-state index in [1.807, 2.05) is 74.5 Å². The number of nitrogens with zero attached hydrogens (tertiary/aromatic N) is 2. The van der Waals surface area contributed by atoms with E-state index in [0.717, 1.165) is 28.0 Å². The zero-order chi connectivity index (χ0) is 25.9. The van der Waals surface area contributed by atoms with E-state index in [2.05, 4.69) is 5.32 Å². The number of methoxy groups -OCH3 is 1. The first-order chi connectivity index (χ1) is 17.2. The number of sulfonamides is 1. The fourth-order valence-electron chi connectivity index (χ4n) is 4.70. The number of hydrogen-bond acceptors (Lipinski definition) is 4. The van der Waals surface area contributed by atoms with Crippen LogP contribution in [0.1, 0.15) is 27.8 Å². The largest absolute Gasteiger partial charge is 0.497 e. The standard InChI is InChI=1S/C28H33N3O4S/c1-21-10-13-25(18-22(21)2)28(30(3)36(33,34)19-24-8-6-5-7-9-24)20-29-27(32)31(28)17-16-23-11-14-26(35-4)15-12-23/h5-15,18H,16-17,19-20H2,1-4H3,(H,29,32). The van der Waals surface area contributed by atoms with Crippen LogP contribution >= 0.6 is 0 Å². The first-order valence-corrected chi connectivity index (χ1v) is 13.5. The Kier molecular flexibility index (Phi) is 7.38. The lowest BCUT2D eigenvalue weighted by atomic mass is 9.94. The van der Waals surface area contributed by atoms with Gasteiger partial charge in [0.1, 0.15) is 5.75 Å². The average molecular weight is 508 g/mol. The molecule has 3 aromatic carbocycles. The van der Waals surface area contributed by atoms with Crippen molar-refractivity contribution in [2.45, 2.75) is 31.7 Å². The number of benzene rings is 3. The SMILES string of the molecule is COc1ccc(CCN2C(=O)NCC2(c2ccc(C)c(C)c2)N(C)S(=O)(=O)Cc2ccccc2)cc1. The second-order valence-corrected chi connectivity index (χ2v) is 11.2. The summed E-state index contributed by atoms with van der Waals surface area (Å²) in [5.41, 5.74) is 3.43. The van der Waals surface area contributed by atoms with Crippen molar-refractivity contribution in [1.29, 1.82) is 0 Å². The smallest absolute Gasteiger partial charge is 0.319 e. The van der Waals surface area contributed by atoms with Gasteiger partial charge in [0, 0.05) is 13.6 Å². The Hall–Kier alpha value is -3.36. The van der Waals surface area contributed by atoms with E-state index in [4.69, 9.17) is 4.74 Å². The van der Waals surface area contributed by atoms with Crippen molar-refractivity contribution < 1.29 is 17.9 Å². The number of hydrogen-bond donors (Lipinski definition) is 1. The van der Waals surface area contributed by atoms with Crippen LogP contribution in [0.4, 0.5) is 4.79 Å². The molecule has 1 aliphatic rings. The molecule has 0 aliphatic carbocycles. The van der Waals surface area contributed by atoms with Crippen molar-refractivity contribution in [1.82, 2.24) is 14.5 Å². The highest BCUT2D eigenvalue weighted by atomic mass is 32.2. The Morgan fingerprint density at radius 1 is 0.972 bits per heavy atom. The fourth-order valence-corrected chi connectivity index (χ4v) is 6.24. The van der Waals surface area contributed by atoms with E-state index < -0.39 is 15.7 Å². The molecule has 1 N–H and O–H groups in total. The molecule has 4 rings (SSSR count). The molecule has 8 heteroatoms. The molecule has 3 aromatic rings. The third-order valence-corrected chi connectivity index (χ3v) is 8.89. The molecule has 0 spiro atoms. The predicted molar refractivity (Wildman–Crippen MR) is 141 cm³/mol. The fraction of sp³-hybridized carbons (Fsp3) is 0.321. The van der Waals surface area contributed by atoms with Crippen LogP contribution in [0.15, 0.2) is 72.8 Å². The van der Waals surface area contributed by atoms with Crippen LogP contribution < -0.4 is 10.1 Å². The summed E-state index contributed by atoms with van der Waals surface area (Å²) in [6.45, 7) is 4.51. The number of rotatable bonds is 9. The van der Waals surface area contributed by atoms with Crippen LogP contribution in [-0.4, -0.2) is 50.9 Å². The maximum atomic E-state index is 13.8. The number of likely N-dealkylation sites (N-methyl/N-ethyl adjacent to an activating group) is 1. The zero-order valence-electron chi connectivity index (χ0n) is 21.2. The first kappa shape index (κ1) is 25.7. The van der Waals surface area contributed by atoms with E-state index in [9.17, 15) is 13.2 Å².